The molecule has 0 aromatic rings. The lowest BCUT2D eigenvalue weighted by atomic mass is 9.70. The summed E-state index contributed by atoms with van der Waals surface area (Å²) >= 11 is 0. The number of alkyl halides is 11. The average Bonchev–Trinajstić information content (AvgIpc) is 2.58. The van der Waals surface area contributed by atoms with Crippen molar-refractivity contribution >= 4 is 5.97 Å². The Balaban J connectivity index is 4.07. The number of rotatable bonds is 4. The number of aliphatic hydroxyl groups is 2. The first-order valence-corrected chi connectivity index (χ1v) is 6.91. The summed E-state index contributed by atoms with van der Waals surface area (Å²) < 4.78 is 157. The van der Waals surface area contributed by atoms with E-state index >= 15 is 0 Å². The lowest BCUT2D eigenvalue weighted by Crippen LogP contribution is -2.82. The van der Waals surface area contributed by atoms with Crippen LogP contribution in [0.1, 0.15) is 6.42 Å². The fourth-order valence-electron chi connectivity index (χ4n) is 2.48. The number of carbonyl (C=O) groups excluding carboxylic acids is 1. The third-order valence-corrected chi connectivity index (χ3v) is 4.21. The molecule has 0 heterocycles. The zero-order chi connectivity index (χ0) is 22.6. The maximum Gasteiger partial charge on any atom is 0.387 e. The van der Waals surface area contributed by atoms with E-state index < -0.39 is 66.5 Å². The highest BCUT2D eigenvalue weighted by molar-refractivity contribution is 5.81. The summed E-state index contributed by atoms with van der Waals surface area (Å²) in [6.45, 7) is -4.44. The first-order valence-electron chi connectivity index (χ1n) is 6.91. The van der Waals surface area contributed by atoms with Crippen molar-refractivity contribution in [2.24, 2.45) is 0 Å². The summed E-state index contributed by atoms with van der Waals surface area (Å²) in [5.41, 5.74) is -11.7. The molecule has 28 heavy (non-hydrogen) atoms. The van der Waals surface area contributed by atoms with Gasteiger partial charge in [0.1, 0.15) is 13.3 Å². The van der Waals surface area contributed by atoms with E-state index in [-0.39, 0.29) is 6.08 Å². The van der Waals surface area contributed by atoms with Crippen LogP contribution in [0.25, 0.3) is 0 Å². The van der Waals surface area contributed by atoms with E-state index in [1.54, 1.807) is 0 Å². The van der Waals surface area contributed by atoms with Crippen molar-refractivity contribution in [3.05, 3.63) is 12.7 Å². The van der Waals surface area contributed by atoms with Crippen LogP contribution in [0.3, 0.4) is 0 Å². The molecule has 2 N–H and O–H groups in total. The van der Waals surface area contributed by atoms with Crippen LogP contribution in [0, 0.1) is 0 Å². The minimum atomic E-state index is -7.20. The zero-order valence-electron chi connectivity index (χ0n) is 13.3. The van der Waals surface area contributed by atoms with Gasteiger partial charge in [-0.25, -0.2) is 22.4 Å². The molecule has 0 amide bonds. The molecule has 4 atom stereocenters. The van der Waals surface area contributed by atoms with Gasteiger partial charge in [0, 0.05) is 6.08 Å². The summed E-state index contributed by atoms with van der Waals surface area (Å²) in [6, 6.07) is 0. The molecular formula is C13H11F11O4. The van der Waals surface area contributed by atoms with Gasteiger partial charge in [0.05, 0.1) is 6.42 Å². The molecule has 1 fully saturated rings. The second kappa shape index (κ2) is 6.43. The summed E-state index contributed by atoms with van der Waals surface area (Å²) in [5, 5.41) is 18.4. The Labute approximate surface area is 148 Å². The minimum absolute atomic E-state index is 0.311. The Bertz CT molecular complexity index is 654. The standard InChI is InChI=1S/C13H11F11O4/c1-2-6(25)28-13(24)11(20,21)8(16,5-15)10(18,19)7(26,4-14)3-9(17,27)12(13,22)23/h2,26-27H,1,3-5H2. The fourth-order valence-corrected chi connectivity index (χ4v) is 2.48. The van der Waals surface area contributed by atoms with Gasteiger partial charge in [-0.2, -0.15) is 30.7 Å². The topological polar surface area (TPSA) is 66.8 Å². The van der Waals surface area contributed by atoms with Gasteiger partial charge in [0.2, 0.25) is 0 Å². The highest BCUT2D eigenvalue weighted by Crippen LogP contribution is 2.64. The third kappa shape index (κ3) is 2.61. The van der Waals surface area contributed by atoms with E-state index in [4.69, 9.17) is 5.11 Å². The first-order chi connectivity index (χ1) is 12.3. The van der Waals surface area contributed by atoms with E-state index in [2.05, 4.69) is 11.3 Å². The lowest BCUT2D eigenvalue weighted by molar-refractivity contribution is -0.463. The predicted octanol–water partition coefficient (Wildman–Crippen LogP) is 2.73. The third-order valence-electron chi connectivity index (χ3n) is 4.21. The van der Waals surface area contributed by atoms with Crippen LogP contribution in [-0.4, -0.2) is 70.3 Å². The van der Waals surface area contributed by atoms with E-state index in [0.717, 1.165) is 0 Å². The molecule has 4 nitrogen and oxygen atoms in total. The Morgan fingerprint density at radius 2 is 1.36 bits per heavy atom. The Kier molecular flexibility index (Phi) is 5.61. The number of esters is 1. The first kappa shape index (κ1) is 24.4. The van der Waals surface area contributed by atoms with Crippen LogP contribution in [0.15, 0.2) is 12.7 Å². The lowest BCUT2D eigenvalue weighted by Gasteiger charge is -2.53. The molecule has 1 saturated carbocycles. The SMILES string of the molecule is C=CC(=O)OC1(F)C(F)(F)C(O)(F)CC(O)(CF)C(F)(F)C(F)(CF)C1(F)F. The van der Waals surface area contributed by atoms with Gasteiger partial charge < -0.3 is 14.9 Å². The van der Waals surface area contributed by atoms with Gasteiger partial charge in [0.25, 0.3) is 11.5 Å². The summed E-state index contributed by atoms with van der Waals surface area (Å²) in [5.74, 6) is -36.0. The van der Waals surface area contributed by atoms with Crippen molar-refractivity contribution in [3.8, 4) is 0 Å². The normalized spacial score (nSPS) is 42.2. The predicted molar refractivity (Wildman–Crippen MR) is 66.4 cm³/mol. The molecular weight excluding hydrogens is 429 g/mol. The molecule has 1 aliphatic rings. The Morgan fingerprint density at radius 3 is 1.71 bits per heavy atom. The van der Waals surface area contributed by atoms with Crippen LogP contribution in [0.4, 0.5) is 48.3 Å². The maximum atomic E-state index is 14.6. The van der Waals surface area contributed by atoms with Crippen molar-refractivity contribution in [2.75, 3.05) is 13.3 Å². The van der Waals surface area contributed by atoms with E-state index in [1.165, 1.54) is 0 Å². The molecule has 4 unspecified atom stereocenters. The average molecular weight is 440 g/mol. The number of halogens is 11. The molecule has 0 saturated heterocycles. The van der Waals surface area contributed by atoms with Crippen molar-refractivity contribution < 1.29 is 68.0 Å². The van der Waals surface area contributed by atoms with Crippen molar-refractivity contribution in [3.63, 3.8) is 0 Å². The van der Waals surface area contributed by atoms with Gasteiger partial charge in [-0.05, 0) is 0 Å². The number of ether oxygens (including phenoxy) is 1. The smallest absolute Gasteiger partial charge is 0.387 e. The van der Waals surface area contributed by atoms with E-state index in [1.807, 2.05) is 0 Å². The van der Waals surface area contributed by atoms with Crippen LogP contribution >= 0.6 is 0 Å². The van der Waals surface area contributed by atoms with Gasteiger partial charge >= 0.3 is 29.6 Å². The van der Waals surface area contributed by atoms with Crippen LogP contribution in [0.2, 0.25) is 0 Å². The number of hydrogen-bond acceptors (Lipinski definition) is 4. The van der Waals surface area contributed by atoms with Gasteiger partial charge in [0.15, 0.2) is 5.60 Å². The molecule has 15 heteroatoms. The van der Waals surface area contributed by atoms with E-state index in [0.29, 0.717) is 0 Å². The largest absolute Gasteiger partial charge is 0.413 e. The molecule has 1 aliphatic carbocycles. The summed E-state index contributed by atoms with van der Waals surface area (Å²) in [7, 11) is 0. The summed E-state index contributed by atoms with van der Waals surface area (Å²) in [6.07, 6.45) is -3.63. The van der Waals surface area contributed by atoms with E-state index in [9.17, 15) is 58.2 Å². The van der Waals surface area contributed by atoms with Crippen molar-refractivity contribution in [1.82, 2.24) is 0 Å². The van der Waals surface area contributed by atoms with Crippen molar-refractivity contribution in [2.45, 2.75) is 47.2 Å². The summed E-state index contributed by atoms with van der Waals surface area (Å²) in [4.78, 5) is 11.0. The Hall–Kier alpha value is -1.64. The van der Waals surface area contributed by atoms with Gasteiger partial charge in [-0.3, -0.25) is 0 Å². The highest BCUT2D eigenvalue weighted by Gasteiger charge is 2.94. The molecule has 0 aliphatic heterocycles. The quantitative estimate of drug-likeness (QED) is 0.401. The zero-order valence-corrected chi connectivity index (χ0v) is 13.3. The number of hydrogen-bond donors (Lipinski definition) is 2. The second-order valence-electron chi connectivity index (χ2n) is 5.98. The van der Waals surface area contributed by atoms with Crippen LogP contribution in [0.5, 0.6) is 0 Å². The molecule has 0 aromatic heterocycles. The monoisotopic (exact) mass is 440 g/mol. The molecule has 1 rings (SSSR count). The van der Waals surface area contributed by atoms with Crippen LogP contribution < -0.4 is 0 Å². The molecule has 0 radical (unpaired) electrons. The fraction of sp³-hybridized carbons (Fsp3) is 0.769. The molecule has 164 valence electrons. The maximum absolute atomic E-state index is 14.6. The van der Waals surface area contributed by atoms with Crippen LogP contribution in [-0.2, 0) is 9.53 Å². The molecule has 0 bridgehead atoms. The molecule has 0 aromatic carbocycles. The minimum Gasteiger partial charge on any atom is -0.413 e. The van der Waals surface area contributed by atoms with Gasteiger partial charge in [-0.15, -0.1) is 0 Å². The van der Waals surface area contributed by atoms with Gasteiger partial charge in [-0.1, -0.05) is 6.58 Å². The second-order valence-corrected chi connectivity index (χ2v) is 5.98. The number of carbonyl (C=O) groups is 1. The molecule has 0 spiro atoms. The highest BCUT2D eigenvalue weighted by atomic mass is 19.3. The Morgan fingerprint density at radius 1 is 0.893 bits per heavy atom. The van der Waals surface area contributed by atoms with Crippen molar-refractivity contribution in [1.29, 1.82) is 0 Å².